The number of aryl methyl sites for hydroxylation is 3. The van der Waals surface area contributed by atoms with Crippen LogP contribution in [-0.4, -0.2) is 17.7 Å². The lowest BCUT2D eigenvalue weighted by molar-refractivity contribution is 0.728. The van der Waals surface area contributed by atoms with E-state index >= 15 is 0 Å². The molecule has 3 nitrogen and oxygen atoms in total. The molecule has 2 aromatic rings. The summed E-state index contributed by atoms with van der Waals surface area (Å²) in [6, 6.07) is 4.57. The van der Waals surface area contributed by atoms with E-state index in [9.17, 15) is 0 Å². The van der Waals surface area contributed by atoms with Crippen LogP contribution in [0, 0.1) is 13.8 Å². The molecule has 0 spiro atoms. The molecule has 0 saturated heterocycles. The van der Waals surface area contributed by atoms with Crippen molar-refractivity contribution in [2.45, 2.75) is 33.2 Å². The molecule has 0 aliphatic rings. The average molecular weight is 245 g/mol. The van der Waals surface area contributed by atoms with Crippen LogP contribution in [-0.2, 0) is 13.0 Å². The molecule has 0 aliphatic heterocycles. The van der Waals surface area contributed by atoms with Crippen LogP contribution in [0.4, 0.5) is 0 Å². The lowest BCUT2D eigenvalue weighted by Crippen LogP contribution is -2.08. The van der Waals surface area contributed by atoms with Gasteiger partial charge < -0.3 is 16.0 Å². The predicted molar refractivity (Wildman–Crippen MR) is 77.8 cm³/mol. The molecule has 0 radical (unpaired) electrons. The maximum Gasteiger partial charge on any atom is 0.0486 e. The topological polar surface area (TPSA) is 57.0 Å². The van der Waals surface area contributed by atoms with E-state index in [1.165, 1.54) is 27.6 Å². The van der Waals surface area contributed by atoms with Crippen molar-refractivity contribution in [1.29, 1.82) is 0 Å². The zero-order valence-electron chi connectivity index (χ0n) is 11.4. The van der Waals surface area contributed by atoms with E-state index < -0.39 is 0 Å². The summed E-state index contributed by atoms with van der Waals surface area (Å²) >= 11 is 0. The monoisotopic (exact) mass is 245 g/mol. The van der Waals surface area contributed by atoms with Gasteiger partial charge in [-0.05, 0) is 62.1 Å². The van der Waals surface area contributed by atoms with Crippen LogP contribution >= 0.6 is 0 Å². The molecule has 0 fully saturated rings. The van der Waals surface area contributed by atoms with E-state index in [0.717, 1.165) is 25.9 Å². The van der Waals surface area contributed by atoms with Crippen LogP contribution < -0.4 is 11.5 Å². The third-order valence-electron chi connectivity index (χ3n) is 3.60. The Labute approximate surface area is 109 Å². The van der Waals surface area contributed by atoms with Gasteiger partial charge in [-0.2, -0.15) is 0 Å². The third kappa shape index (κ3) is 2.42. The first-order chi connectivity index (χ1) is 8.67. The standard InChI is InChI=1S/C15H23N3/c1-11-8-14-13(4-3-5-16)10-18(7-6-17)15(14)9-12(11)2/h8-10H,3-7,16-17H2,1-2H3. The van der Waals surface area contributed by atoms with Crippen LogP contribution in [0.15, 0.2) is 18.3 Å². The fourth-order valence-corrected chi connectivity index (χ4v) is 2.44. The van der Waals surface area contributed by atoms with Crippen LogP contribution in [0.3, 0.4) is 0 Å². The normalized spacial score (nSPS) is 11.3. The molecule has 1 heterocycles. The second-order valence-corrected chi connectivity index (χ2v) is 4.98. The summed E-state index contributed by atoms with van der Waals surface area (Å²) in [7, 11) is 0. The van der Waals surface area contributed by atoms with Gasteiger partial charge >= 0.3 is 0 Å². The summed E-state index contributed by atoms with van der Waals surface area (Å²) < 4.78 is 2.27. The Bertz CT molecular complexity index is 540. The molecular formula is C15H23N3. The summed E-state index contributed by atoms with van der Waals surface area (Å²) in [5.74, 6) is 0. The molecule has 98 valence electrons. The van der Waals surface area contributed by atoms with E-state index in [1.54, 1.807) is 0 Å². The highest BCUT2D eigenvalue weighted by Crippen LogP contribution is 2.25. The van der Waals surface area contributed by atoms with Crippen LogP contribution in [0.5, 0.6) is 0 Å². The molecule has 0 bridgehead atoms. The van der Waals surface area contributed by atoms with Gasteiger partial charge in [-0.15, -0.1) is 0 Å². The summed E-state index contributed by atoms with van der Waals surface area (Å²) in [6.07, 6.45) is 4.33. The molecule has 0 atom stereocenters. The molecule has 0 amide bonds. The molecule has 18 heavy (non-hydrogen) atoms. The molecule has 0 saturated carbocycles. The highest BCUT2D eigenvalue weighted by atomic mass is 15.0. The number of rotatable bonds is 5. The molecule has 0 unspecified atom stereocenters. The van der Waals surface area contributed by atoms with Gasteiger partial charge in [0.15, 0.2) is 0 Å². The van der Waals surface area contributed by atoms with Crippen molar-refractivity contribution in [1.82, 2.24) is 4.57 Å². The Morgan fingerprint density at radius 2 is 1.78 bits per heavy atom. The lowest BCUT2D eigenvalue weighted by Gasteiger charge is -2.05. The van der Waals surface area contributed by atoms with Crippen LogP contribution in [0.1, 0.15) is 23.1 Å². The van der Waals surface area contributed by atoms with Crippen LogP contribution in [0.2, 0.25) is 0 Å². The lowest BCUT2D eigenvalue weighted by atomic mass is 10.0. The second-order valence-electron chi connectivity index (χ2n) is 4.98. The first kappa shape index (κ1) is 13.1. The Kier molecular flexibility index (Phi) is 4.04. The van der Waals surface area contributed by atoms with Crippen molar-refractivity contribution < 1.29 is 0 Å². The van der Waals surface area contributed by atoms with Crippen molar-refractivity contribution in [3.05, 3.63) is 35.0 Å². The first-order valence-electron chi connectivity index (χ1n) is 6.66. The number of nitrogens with two attached hydrogens (primary N) is 2. The molecule has 0 aliphatic carbocycles. The minimum absolute atomic E-state index is 0.674. The highest BCUT2D eigenvalue weighted by Gasteiger charge is 2.09. The molecule has 1 aromatic heterocycles. The minimum atomic E-state index is 0.674. The molecular weight excluding hydrogens is 222 g/mol. The largest absolute Gasteiger partial charge is 0.346 e. The Balaban J connectivity index is 2.53. The van der Waals surface area contributed by atoms with E-state index in [0.29, 0.717) is 6.54 Å². The van der Waals surface area contributed by atoms with Crippen molar-refractivity contribution in [3.63, 3.8) is 0 Å². The number of hydrogen-bond acceptors (Lipinski definition) is 2. The van der Waals surface area contributed by atoms with Crippen molar-refractivity contribution >= 4 is 10.9 Å². The van der Waals surface area contributed by atoms with Crippen molar-refractivity contribution in [3.8, 4) is 0 Å². The van der Waals surface area contributed by atoms with Gasteiger partial charge in [-0.3, -0.25) is 0 Å². The van der Waals surface area contributed by atoms with Gasteiger partial charge in [-0.25, -0.2) is 0 Å². The number of hydrogen-bond donors (Lipinski definition) is 2. The SMILES string of the molecule is Cc1cc2c(CCCN)cn(CCN)c2cc1C. The first-order valence-corrected chi connectivity index (χ1v) is 6.66. The predicted octanol–water partition coefficient (Wildman–Crippen LogP) is 2.11. The van der Waals surface area contributed by atoms with Gasteiger partial charge in [0.1, 0.15) is 0 Å². The Hall–Kier alpha value is -1.32. The van der Waals surface area contributed by atoms with Gasteiger partial charge in [0.25, 0.3) is 0 Å². The van der Waals surface area contributed by atoms with Crippen molar-refractivity contribution in [2.75, 3.05) is 13.1 Å². The maximum absolute atomic E-state index is 5.69. The van der Waals surface area contributed by atoms with Gasteiger partial charge in [0.2, 0.25) is 0 Å². The van der Waals surface area contributed by atoms with Gasteiger partial charge in [0.05, 0.1) is 0 Å². The fourth-order valence-electron chi connectivity index (χ4n) is 2.44. The average Bonchev–Trinajstić information content (AvgIpc) is 2.66. The van der Waals surface area contributed by atoms with Crippen LogP contribution in [0.25, 0.3) is 10.9 Å². The van der Waals surface area contributed by atoms with E-state index in [2.05, 4.69) is 36.7 Å². The number of nitrogens with zero attached hydrogens (tertiary/aromatic N) is 1. The zero-order chi connectivity index (χ0) is 13.1. The van der Waals surface area contributed by atoms with Crippen molar-refractivity contribution in [2.24, 2.45) is 11.5 Å². The Morgan fingerprint density at radius 1 is 1.06 bits per heavy atom. The maximum atomic E-state index is 5.69. The van der Waals surface area contributed by atoms with E-state index in [1.807, 2.05) is 0 Å². The minimum Gasteiger partial charge on any atom is -0.346 e. The molecule has 2 rings (SSSR count). The quantitative estimate of drug-likeness (QED) is 0.847. The zero-order valence-corrected chi connectivity index (χ0v) is 11.4. The fraction of sp³-hybridized carbons (Fsp3) is 0.467. The summed E-state index contributed by atoms with van der Waals surface area (Å²) in [5, 5.41) is 1.36. The van der Waals surface area contributed by atoms with Gasteiger partial charge in [0, 0.05) is 30.2 Å². The van der Waals surface area contributed by atoms with E-state index in [-0.39, 0.29) is 0 Å². The summed E-state index contributed by atoms with van der Waals surface area (Å²) in [6.45, 7) is 6.62. The number of aromatic nitrogens is 1. The Morgan fingerprint density at radius 3 is 2.44 bits per heavy atom. The summed E-state index contributed by atoms with van der Waals surface area (Å²) in [4.78, 5) is 0. The number of fused-ring (bicyclic) bond motifs is 1. The van der Waals surface area contributed by atoms with E-state index in [4.69, 9.17) is 11.5 Å². The second kappa shape index (κ2) is 5.55. The smallest absolute Gasteiger partial charge is 0.0486 e. The molecule has 3 heteroatoms. The third-order valence-corrected chi connectivity index (χ3v) is 3.60. The number of benzene rings is 1. The molecule has 4 N–H and O–H groups in total. The highest BCUT2D eigenvalue weighted by molar-refractivity contribution is 5.85. The summed E-state index contributed by atoms with van der Waals surface area (Å²) in [5.41, 5.74) is 16.7. The molecule has 1 aromatic carbocycles. The van der Waals surface area contributed by atoms with Gasteiger partial charge in [-0.1, -0.05) is 0 Å².